The summed E-state index contributed by atoms with van der Waals surface area (Å²) in [7, 11) is -34.1. The third kappa shape index (κ3) is 205. The molecule has 0 radical (unpaired) electrons. The van der Waals surface area contributed by atoms with Crippen LogP contribution < -0.4 is 14.0 Å². The van der Waals surface area contributed by atoms with Gasteiger partial charge in [-0.3, -0.25) is 9.11 Å². The Hall–Kier alpha value is 0.757. The van der Waals surface area contributed by atoms with Crippen LogP contribution in [0.1, 0.15) is 13.8 Å². The normalized spacial score (nSPS) is 12.2. The van der Waals surface area contributed by atoms with Crippen LogP contribution >= 0.6 is 56.1 Å². The second-order valence-electron chi connectivity index (χ2n) is 6.25. The van der Waals surface area contributed by atoms with E-state index in [2.05, 4.69) is 42.3 Å². The van der Waals surface area contributed by atoms with E-state index in [1.165, 1.54) is 0 Å². The molecule has 56 heavy (non-hydrogen) atoms. The second-order valence-corrected chi connectivity index (χ2v) is 21.4. The first-order valence-electron chi connectivity index (χ1n) is 9.95. The zero-order valence-electron chi connectivity index (χ0n) is 25.5. The van der Waals surface area contributed by atoms with Gasteiger partial charge >= 0.3 is 136 Å². The number of nitrogens with zero attached hydrogens (tertiary/aromatic N) is 1. The average Bonchev–Trinajstić information content (AvgIpc) is 2.69. The molecule has 0 spiro atoms. The van der Waals surface area contributed by atoms with Crippen LogP contribution in [0.25, 0.3) is 0 Å². The second kappa shape index (κ2) is 31.6. The van der Waals surface area contributed by atoms with Crippen LogP contribution in [-0.4, -0.2) is 114 Å². The van der Waals surface area contributed by atoms with E-state index in [4.69, 9.17) is 121 Å². The van der Waals surface area contributed by atoms with Gasteiger partial charge in [0.25, 0.3) is 0 Å². The fourth-order valence-corrected chi connectivity index (χ4v) is 4.76. The number of hydrogen-bond acceptors (Lipinski definition) is 24. The van der Waals surface area contributed by atoms with Crippen molar-refractivity contribution < 1.29 is 219 Å². The van der Waals surface area contributed by atoms with Crippen molar-refractivity contribution in [1.29, 1.82) is 0 Å². The average molecular weight is 1290 g/mol. The van der Waals surface area contributed by atoms with E-state index in [1.54, 1.807) is 0 Å². The quantitative estimate of drug-likeness (QED) is 0.0255. The van der Waals surface area contributed by atoms with Crippen LogP contribution in [0.15, 0.2) is 0 Å². The first kappa shape index (κ1) is 74.2. The minimum atomic E-state index is -5.86. The van der Waals surface area contributed by atoms with Gasteiger partial charge in [-0.05, 0) is 13.8 Å². The third-order valence-corrected chi connectivity index (χ3v) is 7.18. The van der Waals surface area contributed by atoms with Crippen LogP contribution in [0.2, 0.25) is 0 Å². The Morgan fingerprint density at radius 1 is 0.714 bits per heavy atom. The Bertz CT molecular complexity index is 1770. The van der Waals surface area contributed by atoms with Crippen molar-refractivity contribution in [2.45, 2.75) is 13.8 Å². The van der Waals surface area contributed by atoms with Crippen LogP contribution in [0, 0.1) is 10.2 Å². The zero-order valence-corrected chi connectivity index (χ0v) is 38.5. The maximum atomic E-state index is 9.63. The Morgan fingerprint density at radius 2 is 0.875 bits per heavy atom. The molecule has 39 nitrogen and oxygen atoms in total. The molecular formula is C5H27ClCr2NO38P4ReS4. The van der Waals surface area contributed by atoms with Gasteiger partial charge in [0, 0.05) is 13.1 Å². The van der Waals surface area contributed by atoms with E-state index >= 15 is 0 Å². The van der Waals surface area contributed by atoms with Crippen molar-refractivity contribution in [2.75, 3.05) is 13.1 Å². The van der Waals surface area contributed by atoms with Gasteiger partial charge in [0.1, 0.15) is 4.32 Å². The Balaban J connectivity index is -0.0000000797. The van der Waals surface area contributed by atoms with Gasteiger partial charge in [0.15, 0.2) is 0 Å². The molecule has 0 saturated heterocycles. The first-order chi connectivity index (χ1) is 23.3. The molecule has 0 aromatic carbocycles. The molecule has 0 fully saturated rings. The van der Waals surface area contributed by atoms with Gasteiger partial charge in [-0.15, -0.1) is 12.6 Å². The monoisotopic (exact) mass is 1290 g/mol. The topological polar surface area (TPSA) is 689 Å². The first-order valence-corrected chi connectivity index (χ1v) is 29.8. The van der Waals surface area contributed by atoms with Crippen LogP contribution in [0.4, 0.5) is 0 Å². The SMILES string of the molecule is CCN(CC)C(=S)S.O=P(O)(O)O.O=P(O)(O)O.O=P(O)(O)OP(=O)(O)O.O=S(=O)(O)OOS(=O)(=O)O.[O-][Cl+3]([O-])([O-])O.[O]=[Cr](=[O])([OH])[O][Cr](=[O])(=[O])[OH].[O]=[Re](=[O])(=[O])[OH]. The van der Waals surface area contributed by atoms with E-state index in [1.807, 2.05) is 4.90 Å². The molecule has 0 atom stereocenters. The Kier molecular flexibility index (Phi) is 41.9. The van der Waals surface area contributed by atoms with Gasteiger partial charge in [-0.1, -0.05) is 20.9 Å². The fraction of sp³-hybridized carbons (Fsp3) is 0.800. The summed E-state index contributed by atoms with van der Waals surface area (Å²) in [5, 5.41) is 0. The molecule has 0 amide bonds. The van der Waals surface area contributed by atoms with Crippen LogP contribution in [-0.2, 0) is 124 Å². The van der Waals surface area contributed by atoms with Crippen molar-refractivity contribution in [3.63, 3.8) is 0 Å². The fourth-order valence-electron chi connectivity index (χ4n) is 0.812. The molecule has 0 aromatic rings. The number of halogens is 1. The van der Waals surface area contributed by atoms with Gasteiger partial charge in [-0.25, -0.2) is 18.3 Å². The summed E-state index contributed by atoms with van der Waals surface area (Å²) in [4.78, 5) is 76.1. The molecule has 0 saturated carbocycles. The predicted octanol–water partition coefficient (Wildman–Crippen LogP) is -9.29. The van der Waals surface area contributed by atoms with Gasteiger partial charge in [0.2, 0.25) is 0 Å². The summed E-state index contributed by atoms with van der Waals surface area (Å²) in [5.41, 5.74) is 0. The molecule has 0 aliphatic carbocycles. The molecule has 0 aliphatic rings. The molecule has 0 rings (SSSR count). The molecule has 0 unspecified atom stereocenters. The molecule has 350 valence electrons. The van der Waals surface area contributed by atoms with Gasteiger partial charge in [-0.2, -0.15) is 35.1 Å². The standard InChI is InChI=1S/C5H11NS2.ClHO4.2Cr.H2O8S2.H4O7P2.2H3O4P.3H2O.8O.Re/c1-3-6(4-2)5(7)8;2-1(3,4)5;;;1-9(2,3)7-8-10(4,5)6;1-8(2,3)7-9(4,5)6;2*1-5(2,3)4;;;;;;;;;;;;/h3-4H2,1-2H3,(H,7,8);(H,2,3,4,5);;;(H,1,2,3)(H,4,5,6);(H2,1,2,3)(H2,4,5,6);2*(H3,1,2,3,4);3*1H2;;;;;;;;;/q;;2*+1;;;;;;;;;;;;;;;;+1/p-3. The maximum absolute atomic E-state index is 9.63. The van der Waals surface area contributed by atoms with Crippen molar-refractivity contribution in [3.8, 4) is 0 Å². The number of rotatable bonds is 9. The van der Waals surface area contributed by atoms with Crippen LogP contribution in [0.5, 0.6) is 0 Å². The molecule has 51 heteroatoms. The third-order valence-electron chi connectivity index (χ3n) is 1.62. The van der Waals surface area contributed by atoms with E-state index in [0.717, 1.165) is 13.1 Å². The molecule has 0 heterocycles. The summed E-state index contributed by atoms with van der Waals surface area (Å²) in [5.74, 6) is 0. The number of phosphoric acid groups is 4. The molecular weight excluding hydrogens is 1260 g/mol. The summed E-state index contributed by atoms with van der Waals surface area (Å²) in [6, 6.07) is 0. The summed E-state index contributed by atoms with van der Waals surface area (Å²) in [6.07, 6.45) is 0. The van der Waals surface area contributed by atoms with E-state index in [-0.39, 0.29) is 0 Å². The summed E-state index contributed by atoms with van der Waals surface area (Å²) in [6.45, 7) is 6.04. The van der Waals surface area contributed by atoms with Crippen LogP contribution in [0.3, 0.4) is 0 Å². The molecule has 0 aromatic heterocycles. The molecule has 16 N–H and O–H groups in total. The molecule has 0 aliphatic heterocycles. The van der Waals surface area contributed by atoms with E-state index < -0.39 is 105 Å². The van der Waals surface area contributed by atoms with E-state index in [9.17, 15) is 41.2 Å². The Morgan fingerprint density at radius 3 is 0.893 bits per heavy atom. The van der Waals surface area contributed by atoms with Gasteiger partial charge < -0.3 is 53.8 Å². The number of hydrogen-bond donors (Lipinski definition) is 17. The zero-order chi connectivity index (χ0) is 48.4. The summed E-state index contributed by atoms with van der Waals surface area (Å²) >= 11 is -8.56. The number of thiol groups is 1. The van der Waals surface area contributed by atoms with E-state index in [0.29, 0.717) is 4.32 Å². The van der Waals surface area contributed by atoms with Crippen molar-refractivity contribution in [1.82, 2.24) is 4.90 Å². The van der Waals surface area contributed by atoms with Crippen molar-refractivity contribution in [2.24, 2.45) is 0 Å². The molecule has 0 bridgehead atoms. The number of thiocarbonyl (C=S) groups is 1. The van der Waals surface area contributed by atoms with Crippen molar-refractivity contribution >= 4 is 81.3 Å². The predicted molar refractivity (Wildman–Crippen MR) is 138 cm³/mol. The summed E-state index contributed by atoms with van der Waals surface area (Å²) < 4.78 is 222. The Labute approximate surface area is 329 Å². The minimum absolute atomic E-state index is 0.690. The van der Waals surface area contributed by atoms with Crippen molar-refractivity contribution in [3.05, 3.63) is 0 Å². The van der Waals surface area contributed by atoms with Gasteiger partial charge in [0.05, 0.1) is 14.9 Å².